The Labute approximate surface area is 243 Å². The minimum absolute atomic E-state index is 0.0227. The summed E-state index contributed by atoms with van der Waals surface area (Å²) in [6.45, 7) is 0.947. The number of aryl methyl sites for hydroxylation is 4. The van der Waals surface area contributed by atoms with Crippen LogP contribution in [0, 0.1) is 37.4 Å². The lowest BCUT2D eigenvalue weighted by molar-refractivity contribution is -0.660. The van der Waals surface area contributed by atoms with Crippen molar-refractivity contribution in [1.82, 2.24) is 0 Å². The molecule has 1 fully saturated rings. The SMILES string of the molecule is [2H]c1cc(C2([2H])CCC(C)(C)CC2)cc(C([2H])([2H])[2H])c1-c1cc(-c2c(C)ccc3c2oc2cc(C#N)ccc23)[n+](C)cc1C([2H])([2H])[2H]. The fraction of sp³-hybridized carbons (Fsp3) is 0.333. The smallest absolute Gasteiger partial charge is 0.216 e. The van der Waals surface area contributed by atoms with Gasteiger partial charge in [-0.1, -0.05) is 44.2 Å². The summed E-state index contributed by atoms with van der Waals surface area (Å²) in [4.78, 5) is 0. The van der Waals surface area contributed by atoms with E-state index in [1.807, 2.05) is 25.1 Å². The van der Waals surface area contributed by atoms with Crippen LogP contribution in [-0.4, -0.2) is 0 Å². The van der Waals surface area contributed by atoms with Crippen LogP contribution >= 0.6 is 0 Å². The highest BCUT2D eigenvalue weighted by atomic mass is 16.3. The molecule has 6 rings (SSSR count). The molecule has 0 radical (unpaired) electrons. The van der Waals surface area contributed by atoms with Crippen LogP contribution < -0.4 is 4.57 Å². The number of nitriles is 1. The second-order valence-electron chi connectivity index (χ2n) is 11.6. The molecule has 3 heteroatoms. The third-order valence-corrected chi connectivity index (χ3v) is 8.33. The van der Waals surface area contributed by atoms with Gasteiger partial charge < -0.3 is 4.42 Å². The highest BCUT2D eigenvalue weighted by Crippen LogP contribution is 2.43. The fourth-order valence-electron chi connectivity index (χ4n) is 5.87. The molecule has 0 N–H and O–H groups in total. The highest BCUT2D eigenvalue weighted by molar-refractivity contribution is 6.10. The maximum absolute atomic E-state index is 9.44. The Balaban J connectivity index is 1.64. The largest absolute Gasteiger partial charge is 0.455 e. The highest BCUT2D eigenvalue weighted by Gasteiger charge is 2.28. The number of fused-ring (bicyclic) bond motifs is 3. The zero-order valence-corrected chi connectivity index (χ0v) is 22.8. The van der Waals surface area contributed by atoms with E-state index in [0.717, 1.165) is 29.2 Å². The van der Waals surface area contributed by atoms with E-state index in [2.05, 4.69) is 19.9 Å². The van der Waals surface area contributed by atoms with E-state index in [0.29, 0.717) is 46.4 Å². The van der Waals surface area contributed by atoms with Gasteiger partial charge in [0.1, 0.15) is 18.2 Å². The Hall–Kier alpha value is -3.90. The molecule has 0 spiro atoms. The van der Waals surface area contributed by atoms with Crippen molar-refractivity contribution in [2.45, 2.75) is 66.1 Å². The summed E-state index contributed by atoms with van der Waals surface area (Å²) in [5.74, 6) is -1.04. The van der Waals surface area contributed by atoms with Gasteiger partial charge in [0.25, 0.3) is 0 Å². The van der Waals surface area contributed by atoms with E-state index in [1.165, 1.54) is 12.3 Å². The first-order valence-electron chi connectivity index (χ1n) is 17.4. The van der Waals surface area contributed by atoms with Crippen LogP contribution in [0.5, 0.6) is 0 Å². The van der Waals surface area contributed by atoms with Crippen molar-refractivity contribution >= 4 is 21.9 Å². The Morgan fingerprint density at radius 2 is 1.77 bits per heavy atom. The summed E-state index contributed by atoms with van der Waals surface area (Å²) in [5, 5.41) is 11.1. The molecule has 0 amide bonds. The van der Waals surface area contributed by atoms with Crippen molar-refractivity contribution in [3.63, 3.8) is 0 Å². The number of rotatable bonds is 3. The predicted molar refractivity (Wildman–Crippen MR) is 160 cm³/mol. The van der Waals surface area contributed by atoms with Crippen molar-refractivity contribution < 1.29 is 20.0 Å². The quantitative estimate of drug-likeness (QED) is 0.222. The van der Waals surface area contributed by atoms with Crippen LogP contribution in [0.3, 0.4) is 0 Å². The van der Waals surface area contributed by atoms with Gasteiger partial charge in [0.15, 0.2) is 6.20 Å². The van der Waals surface area contributed by atoms with Crippen molar-refractivity contribution in [3.05, 3.63) is 88.6 Å². The van der Waals surface area contributed by atoms with Gasteiger partial charge in [-0.3, -0.25) is 0 Å². The van der Waals surface area contributed by atoms with Gasteiger partial charge in [0.2, 0.25) is 5.69 Å². The van der Waals surface area contributed by atoms with Gasteiger partial charge in [-0.15, -0.1) is 0 Å². The number of benzene rings is 3. The van der Waals surface area contributed by atoms with Crippen molar-refractivity contribution in [2.75, 3.05) is 0 Å². The number of hydrogen-bond acceptors (Lipinski definition) is 2. The number of aromatic nitrogens is 1. The molecule has 196 valence electrons. The zero-order valence-electron chi connectivity index (χ0n) is 30.8. The summed E-state index contributed by atoms with van der Waals surface area (Å²) in [5.41, 5.74) is 4.15. The molecule has 1 saturated carbocycles. The Morgan fingerprint density at radius 1 is 1.00 bits per heavy atom. The number of pyridine rings is 1. The van der Waals surface area contributed by atoms with E-state index in [1.54, 1.807) is 35.9 Å². The fourth-order valence-corrected chi connectivity index (χ4v) is 5.87. The monoisotopic (exact) mass is 521 g/mol. The van der Waals surface area contributed by atoms with Crippen LogP contribution in [0.2, 0.25) is 0 Å². The number of hydrogen-bond donors (Lipinski definition) is 0. The molecule has 3 aromatic carbocycles. The van der Waals surface area contributed by atoms with Crippen molar-refractivity contribution in [1.29, 1.82) is 5.26 Å². The van der Waals surface area contributed by atoms with Gasteiger partial charge in [-0.2, -0.15) is 5.26 Å². The second kappa shape index (κ2) is 9.38. The Kier molecular flexibility index (Phi) is 4.24. The molecule has 1 aliphatic rings. The molecule has 0 saturated heterocycles. The van der Waals surface area contributed by atoms with Crippen LogP contribution in [0.25, 0.3) is 44.3 Å². The van der Waals surface area contributed by atoms with Gasteiger partial charge in [-0.25, -0.2) is 4.57 Å². The minimum Gasteiger partial charge on any atom is -0.455 e. The molecule has 0 unspecified atom stereocenters. The Bertz CT molecular complexity index is 2110. The topological polar surface area (TPSA) is 40.8 Å². The van der Waals surface area contributed by atoms with Crippen LogP contribution in [-0.2, 0) is 7.05 Å². The predicted octanol–water partition coefficient (Wildman–Crippen LogP) is 9.23. The first-order valence-corrected chi connectivity index (χ1v) is 13.4. The summed E-state index contributed by atoms with van der Waals surface area (Å²) in [6, 6.07) is 15.9. The van der Waals surface area contributed by atoms with Crippen molar-refractivity contribution in [2.24, 2.45) is 12.5 Å². The maximum atomic E-state index is 9.44. The van der Waals surface area contributed by atoms with Crippen LogP contribution in [0.1, 0.15) is 84.2 Å². The third kappa shape index (κ3) is 4.43. The van der Waals surface area contributed by atoms with E-state index >= 15 is 0 Å². The Morgan fingerprint density at radius 3 is 2.51 bits per heavy atom. The molecule has 0 atom stereocenters. The van der Waals surface area contributed by atoms with Crippen LogP contribution in [0.15, 0.2) is 65.2 Å². The lowest BCUT2D eigenvalue weighted by atomic mass is 9.71. The van der Waals surface area contributed by atoms with E-state index < -0.39 is 19.6 Å². The molecule has 3 nitrogen and oxygen atoms in total. The van der Waals surface area contributed by atoms with E-state index in [9.17, 15) is 8.00 Å². The van der Waals surface area contributed by atoms with Crippen LogP contribution in [0.4, 0.5) is 0 Å². The van der Waals surface area contributed by atoms with E-state index in [4.69, 9.17) is 12.6 Å². The number of furan rings is 1. The van der Waals surface area contributed by atoms with E-state index in [-0.39, 0.29) is 33.7 Å². The summed E-state index contributed by atoms with van der Waals surface area (Å²) in [7, 11) is 1.73. The van der Waals surface area contributed by atoms with Gasteiger partial charge in [0.05, 0.1) is 18.6 Å². The molecule has 0 aliphatic heterocycles. The lowest BCUT2D eigenvalue weighted by Gasteiger charge is -2.34. The van der Waals surface area contributed by atoms with Gasteiger partial charge in [-0.05, 0) is 104 Å². The molecule has 5 aromatic rings. The maximum Gasteiger partial charge on any atom is 0.216 e. The number of nitrogens with zero attached hydrogens (tertiary/aromatic N) is 2. The minimum atomic E-state index is -2.68. The standard InChI is InChI=1S/C36H37N2O/c1-22-7-10-30-29-11-8-25(20-37)18-33(29)39-35(30)34(22)32-19-31(24(3)21-38(32)6)28-12-9-27(17-23(28)2)26-13-15-36(4,5)16-14-26/h7-12,17-19,21,26H,13-16H2,1-6H3/q+1/i2D3,3D3,12D,26D. The summed E-state index contributed by atoms with van der Waals surface area (Å²) in [6.07, 6.45) is 4.18. The molecule has 1 aliphatic carbocycles. The molecule has 2 aromatic heterocycles. The zero-order chi connectivity index (χ0) is 34.3. The molecule has 39 heavy (non-hydrogen) atoms. The molecular formula is C36H37N2O+. The molecular weight excluding hydrogens is 476 g/mol. The van der Waals surface area contributed by atoms with Gasteiger partial charge >= 0.3 is 0 Å². The first-order chi connectivity index (χ1) is 21.8. The molecule has 0 bridgehead atoms. The normalized spacial score (nSPS) is 20.1. The second-order valence-corrected chi connectivity index (χ2v) is 11.6. The lowest BCUT2D eigenvalue weighted by Crippen LogP contribution is -2.31. The average molecular weight is 522 g/mol. The average Bonchev–Trinajstić information content (AvgIpc) is 3.35. The summed E-state index contributed by atoms with van der Waals surface area (Å²) >= 11 is 0. The van der Waals surface area contributed by atoms with Gasteiger partial charge in [0, 0.05) is 32.0 Å². The van der Waals surface area contributed by atoms with Crippen molar-refractivity contribution in [3.8, 4) is 28.5 Å². The molecule has 2 heterocycles. The third-order valence-electron chi connectivity index (χ3n) is 8.33. The summed E-state index contributed by atoms with van der Waals surface area (Å²) < 4.78 is 77.4. The first kappa shape index (κ1) is 17.6.